The van der Waals surface area contributed by atoms with Crippen molar-refractivity contribution in [3.05, 3.63) is 57.8 Å². The first-order chi connectivity index (χ1) is 7.18. The lowest BCUT2D eigenvalue weighted by molar-refractivity contribution is 0.506. The fraction of sp³-hybridized carbons (Fsp3) is 0.0909. The van der Waals surface area contributed by atoms with Crippen LogP contribution >= 0.6 is 23.7 Å². The van der Waals surface area contributed by atoms with Crippen molar-refractivity contribution < 1.29 is 8.78 Å². The zero-order valence-corrected chi connectivity index (χ0v) is 9.82. The SMILES string of the molecule is Cl.N[C@@H](c1ccc(F)c(F)c1)c1cccs1. The van der Waals surface area contributed by atoms with Crippen LogP contribution in [0.1, 0.15) is 16.5 Å². The van der Waals surface area contributed by atoms with Gasteiger partial charge >= 0.3 is 0 Å². The Hall–Kier alpha value is -0.970. The van der Waals surface area contributed by atoms with Crippen molar-refractivity contribution in [3.8, 4) is 0 Å². The highest BCUT2D eigenvalue weighted by Crippen LogP contribution is 2.24. The van der Waals surface area contributed by atoms with Crippen LogP contribution in [0.4, 0.5) is 8.78 Å². The first kappa shape index (κ1) is 13.1. The molecule has 0 saturated carbocycles. The fourth-order valence-corrected chi connectivity index (χ4v) is 2.09. The van der Waals surface area contributed by atoms with Crippen molar-refractivity contribution in [3.63, 3.8) is 0 Å². The first-order valence-electron chi connectivity index (χ1n) is 4.42. The van der Waals surface area contributed by atoms with Crippen LogP contribution in [0.2, 0.25) is 0 Å². The van der Waals surface area contributed by atoms with Crippen molar-refractivity contribution in [2.75, 3.05) is 0 Å². The minimum Gasteiger partial charge on any atom is -0.320 e. The third-order valence-electron chi connectivity index (χ3n) is 2.15. The van der Waals surface area contributed by atoms with E-state index in [2.05, 4.69) is 0 Å². The number of thiophene rings is 1. The zero-order valence-electron chi connectivity index (χ0n) is 8.19. The molecule has 1 heterocycles. The topological polar surface area (TPSA) is 26.0 Å². The molecule has 1 nitrogen and oxygen atoms in total. The number of nitrogens with two attached hydrogens (primary N) is 1. The van der Waals surface area contributed by atoms with Gasteiger partial charge in [0.05, 0.1) is 6.04 Å². The number of hydrogen-bond acceptors (Lipinski definition) is 2. The second-order valence-corrected chi connectivity index (χ2v) is 4.15. The summed E-state index contributed by atoms with van der Waals surface area (Å²) in [4.78, 5) is 0.931. The fourth-order valence-electron chi connectivity index (χ4n) is 1.34. The van der Waals surface area contributed by atoms with E-state index in [0.29, 0.717) is 5.56 Å². The number of halogens is 3. The quantitative estimate of drug-likeness (QED) is 0.880. The lowest BCUT2D eigenvalue weighted by Gasteiger charge is -2.09. The van der Waals surface area contributed by atoms with Crippen LogP contribution in [0.3, 0.4) is 0 Å². The van der Waals surface area contributed by atoms with Gasteiger partial charge in [-0.15, -0.1) is 23.7 Å². The standard InChI is InChI=1S/C11H9F2NS.ClH/c12-8-4-3-7(6-9(8)13)11(14)10-2-1-5-15-10;/h1-6,11H,14H2;1H/t11-;/m0./s1. The van der Waals surface area contributed by atoms with Crippen LogP contribution in [0.5, 0.6) is 0 Å². The second kappa shape index (κ2) is 5.39. The summed E-state index contributed by atoms with van der Waals surface area (Å²) in [5.41, 5.74) is 6.48. The zero-order chi connectivity index (χ0) is 10.8. The normalized spacial score (nSPS) is 11.9. The molecule has 0 aliphatic carbocycles. The highest BCUT2D eigenvalue weighted by molar-refractivity contribution is 7.10. The number of rotatable bonds is 2. The first-order valence-corrected chi connectivity index (χ1v) is 5.30. The third kappa shape index (κ3) is 2.58. The Morgan fingerprint density at radius 3 is 2.44 bits per heavy atom. The molecule has 5 heteroatoms. The van der Waals surface area contributed by atoms with Crippen LogP contribution < -0.4 is 5.73 Å². The highest BCUT2D eigenvalue weighted by Gasteiger charge is 2.12. The van der Waals surface area contributed by atoms with E-state index < -0.39 is 11.6 Å². The molecule has 86 valence electrons. The van der Waals surface area contributed by atoms with Crippen LogP contribution in [0, 0.1) is 11.6 Å². The van der Waals surface area contributed by atoms with Crippen LogP contribution in [0.15, 0.2) is 35.7 Å². The molecule has 1 atom stereocenters. The summed E-state index contributed by atoms with van der Waals surface area (Å²) in [6.07, 6.45) is 0. The minimum atomic E-state index is -0.862. The predicted molar refractivity (Wildman–Crippen MR) is 64.0 cm³/mol. The molecule has 16 heavy (non-hydrogen) atoms. The second-order valence-electron chi connectivity index (χ2n) is 3.17. The molecule has 0 fully saturated rings. The molecule has 0 unspecified atom stereocenters. The molecular weight excluding hydrogens is 252 g/mol. The molecule has 2 N–H and O–H groups in total. The van der Waals surface area contributed by atoms with E-state index in [1.807, 2.05) is 17.5 Å². The van der Waals surface area contributed by atoms with Crippen molar-refractivity contribution in [2.24, 2.45) is 5.73 Å². The molecule has 2 rings (SSSR count). The minimum absolute atomic E-state index is 0. The largest absolute Gasteiger partial charge is 0.320 e. The maximum atomic E-state index is 13.0. The van der Waals surface area contributed by atoms with E-state index in [9.17, 15) is 8.78 Å². The summed E-state index contributed by atoms with van der Waals surface area (Å²) in [7, 11) is 0. The van der Waals surface area contributed by atoms with E-state index in [-0.39, 0.29) is 18.4 Å². The van der Waals surface area contributed by atoms with Gasteiger partial charge in [-0.05, 0) is 29.1 Å². The Kier molecular flexibility index (Phi) is 4.41. The van der Waals surface area contributed by atoms with Gasteiger partial charge in [0.2, 0.25) is 0 Å². The van der Waals surface area contributed by atoms with Gasteiger partial charge in [-0.25, -0.2) is 8.78 Å². The number of benzene rings is 1. The Morgan fingerprint density at radius 1 is 1.12 bits per heavy atom. The molecule has 1 aromatic carbocycles. The summed E-state index contributed by atoms with van der Waals surface area (Å²) in [5.74, 6) is -1.71. The molecular formula is C11H10ClF2NS. The van der Waals surface area contributed by atoms with E-state index in [1.54, 1.807) is 0 Å². The lowest BCUT2D eigenvalue weighted by Crippen LogP contribution is -2.10. The molecule has 0 aliphatic rings. The monoisotopic (exact) mass is 261 g/mol. The van der Waals surface area contributed by atoms with Crippen LogP contribution in [0.25, 0.3) is 0 Å². The van der Waals surface area contributed by atoms with E-state index in [4.69, 9.17) is 5.73 Å². The van der Waals surface area contributed by atoms with Gasteiger partial charge in [0, 0.05) is 4.88 Å². The van der Waals surface area contributed by atoms with Gasteiger partial charge in [0.25, 0.3) is 0 Å². The van der Waals surface area contributed by atoms with Crippen molar-refractivity contribution >= 4 is 23.7 Å². The average molecular weight is 262 g/mol. The Morgan fingerprint density at radius 2 is 1.88 bits per heavy atom. The van der Waals surface area contributed by atoms with Gasteiger partial charge in [-0.1, -0.05) is 12.1 Å². The lowest BCUT2D eigenvalue weighted by atomic mass is 10.1. The van der Waals surface area contributed by atoms with Crippen LogP contribution in [-0.2, 0) is 0 Å². The molecule has 0 spiro atoms. The molecule has 0 aliphatic heterocycles. The highest BCUT2D eigenvalue weighted by atomic mass is 35.5. The molecule has 0 radical (unpaired) electrons. The Bertz CT molecular complexity index is 459. The third-order valence-corrected chi connectivity index (χ3v) is 3.11. The van der Waals surface area contributed by atoms with Gasteiger partial charge in [0.15, 0.2) is 11.6 Å². The Balaban J connectivity index is 0.00000128. The maximum Gasteiger partial charge on any atom is 0.159 e. The van der Waals surface area contributed by atoms with Gasteiger partial charge in [-0.2, -0.15) is 0 Å². The van der Waals surface area contributed by atoms with E-state index >= 15 is 0 Å². The van der Waals surface area contributed by atoms with Gasteiger partial charge < -0.3 is 5.73 Å². The van der Waals surface area contributed by atoms with Crippen molar-refractivity contribution in [2.45, 2.75) is 6.04 Å². The van der Waals surface area contributed by atoms with Gasteiger partial charge in [-0.3, -0.25) is 0 Å². The van der Waals surface area contributed by atoms with Crippen LogP contribution in [-0.4, -0.2) is 0 Å². The summed E-state index contributed by atoms with van der Waals surface area (Å²) in [5, 5.41) is 1.90. The number of hydrogen-bond donors (Lipinski definition) is 1. The van der Waals surface area contributed by atoms with Gasteiger partial charge in [0.1, 0.15) is 0 Å². The van der Waals surface area contributed by atoms with E-state index in [0.717, 1.165) is 17.0 Å². The summed E-state index contributed by atoms with van der Waals surface area (Å²) < 4.78 is 25.6. The maximum absolute atomic E-state index is 13.0. The summed E-state index contributed by atoms with van der Waals surface area (Å²) >= 11 is 1.49. The molecule has 1 aromatic heterocycles. The molecule has 0 amide bonds. The average Bonchev–Trinajstić information content (AvgIpc) is 2.74. The summed E-state index contributed by atoms with van der Waals surface area (Å²) in [6, 6.07) is 7.09. The van der Waals surface area contributed by atoms with Crippen molar-refractivity contribution in [1.82, 2.24) is 0 Å². The summed E-state index contributed by atoms with van der Waals surface area (Å²) in [6.45, 7) is 0. The molecule has 0 bridgehead atoms. The molecule has 0 saturated heterocycles. The van der Waals surface area contributed by atoms with Crippen molar-refractivity contribution in [1.29, 1.82) is 0 Å². The smallest absolute Gasteiger partial charge is 0.159 e. The molecule has 2 aromatic rings. The van der Waals surface area contributed by atoms with E-state index in [1.165, 1.54) is 17.4 Å². The predicted octanol–water partition coefficient (Wildman–Crippen LogP) is 3.50. The Labute approximate surface area is 102 Å².